The molecule has 2 N–H and O–H groups in total. The summed E-state index contributed by atoms with van der Waals surface area (Å²) in [7, 11) is 1.59. The summed E-state index contributed by atoms with van der Waals surface area (Å²) < 4.78 is 10.8. The molecular weight excluding hydrogens is 428 g/mol. The molecule has 0 aromatic heterocycles. The summed E-state index contributed by atoms with van der Waals surface area (Å²) in [5, 5.41) is 6.11. The second-order valence-electron chi connectivity index (χ2n) is 7.00. The maximum Gasteiger partial charge on any atom is 0.253 e. The first-order valence-electron chi connectivity index (χ1n) is 10.2. The van der Waals surface area contributed by atoms with Crippen LogP contribution in [0.25, 0.3) is 0 Å². The van der Waals surface area contributed by atoms with E-state index in [2.05, 4.69) is 10.6 Å². The molecule has 0 aliphatic heterocycles. The van der Waals surface area contributed by atoms with Crippen LogP contribution in [-0.4, -0.2) is 32.1 Å². The molecule has 0 spiro atoms. The Bertz CT molecular complexity index is 1040. The van der Waals surface area contributed by atoms with Gasteiger partial charge >= 0.3 is 0 Å². The van der Waals surface area contributed by atoms with Crippen LogP contribution < -0.4 is 20.1 Å². The van der Waals surface area contributed by atoms with Crippen LogP contribution in [0, 0.1) is 0 Å². The predicted molar refractivity (Wildman–Crippen MR) is 124 cm³/mol. The van der Waals surface area contributed by atoms with Crippen LogP contribution in [0.1, 0.15) is 28.4 Å². The van der Waals surface area contributed by atoms with Crippen molar-refractivity contribution in [2.24, 2.45) is 0 Å². The lowest BCUT2D eigenvalue weighted by atomic mass is 10.0. The lowest BCUT2D eigenvalue weighted by Crippen LogP contribution is -2.35. The van der Waals surface area contributed by atoms with Crippen molar-refractivity contribution in [3.63, 3.8) is 0 Å². The third kappa shape index (κ3) is 6.75. The summed E-state index contributed by atoms with van der Waals surface area (Å²) in [6.07, 6.45) is 0.0827. The normalized spacial score (nSPS) is 11.3. The van der Waals surface area contributed by atoms with Gasteiger partial charge in [-0.15, -0.1) is 0 Å². The van der Waals surface area contributed by atoms with Crippen LogP contribution in [0.3, 0.4) is 0 Å². The number of benzene rings is 3. The molecule has 0 aliphatic rings. The lowest BCUT2D eigenvalue weighted by Gasteiger charge is -2.19. The van der Waals surface area contributed by atoms with Gasteiger partial charge in [-0.1, -0.05) is 60.1 Å². The van der Waals surface area contributed by atoms with Crippen molar-refractivity contribution in [1.29, 1.82) is 0 Å². The Labute approximate surface area is 192 Å². The molecule has 3 aromatic carbocycles. The fourth-order valence-corrected chi connectivity index (χ4v) is 3.35. The topological polar surface area (TPSA) is 76.7 Å². The number of ether oxygens (including phenoxy) is 2. The summed E-state index contributed by atoms with van der Waals surface area (Å²) in [5.74, 6) is 0.824. The van der Waals surface area contributed by atoms with Gasteiger partial charge in [0.25, 0.3) is 5.91 Å². The zero-order valence-corrected chi connectivity index (χ0v) is 18.5. The molecule has 0 bridgehead atoms. The molecule has 0 fully saturated rings. The maximum atomic E-state index is 12.7. The Morgan fingerprint density at radius 1 is 0.938 bits per heavy atom. The zero-order valence-electron chi connectivity index (χ0n) is 17.7. The molecule has 1 atom stereocenters. The van der Waals surface area contributed by atoms with Crippen molar-refractivity contribution >= 4 is 23.4 Å². The van der Waals surface area contributed by atoms with E-state index in [0.29, 0.717) is 35.2 Å². The van der Waals surface area contributed by atoms with Crippen LogP contribution in [0.2, 0.25) is 5.02 Å². The number of amides is 2. The van der Waals surface area contributed by atoms with Crippen LogP contribution in [0.5, 0.6) is 11.5 Å². The molecule has 3 rings (SSSR count). The van der Waals surface area contributed by atoms with Gasteiger partial charge in [-0.05, 0) is 29.8 Å². The Balaban J connectivity index is 1.56. The van der Waals surface area contributed by atoms with Crippen molar-refractivity contribution in [2.75, 3.05) is 20.3 Å². The Hall–Kier alpha value is -3.51. The van der Waals surface area contributed by atoms with E-state index in [1.807, 2.05) is 48.5 Å². The van der Waals surface area contributed by atoms with Gasteiger partial charge < -0.3 is 20.1 Å². The minimum atomic E-state index is -0.501. The third-order valence-corrected chi connectivity index (χ3v) is 5.08. The quantitative estimate of drug-likeness (QED) is 0.447. The molecule has 0 saturated heterocycles. The molecule has 1 unspecified atom stereocenters. The average Bonchev–Trinajstić information content (AvgIpc) is 2.82. The molecule has 0 saturated carbocycles. The smallest absolute Gasteiger partial charge is 0.253 e. The van der Waals surface area contributed by atoms with Gasteiger partial charge in [-0.2, -0.15) is 0 Å². The second kappa shape index (κ2) is 11.8. The van der Waals surface area contributed by atoms with E-state index in [-0.39, 0.29) is 18.2 Å². The van der Waals surface area contributed by atoms with Gasteiger partial charge in [-0.25, -0.2) is 0 Å². The summed E-state index contributed by atoms with van der Waals surface area (Å²) >= 11 is 6.15. The van der Waals surface area contributed by atoms with Crippen molar-refractivity contribution in [2.45, 2.75) is 12.5 Å². The van der Waals surface area contributed by atoms with Gasteiger partial charge in [0.1, 0.15) is 18.1 Å². The van der Waals surface area contributed by atoms with Crippen LogP contribution >= 0.6 is 11.6 Å². The van der Waals surface area contributed by atoms with E-state index >= 15 is 0 Å². The van der Waals surface area contributed by atoms with Crippen LogP contribution in [0.4, 0.5) is 0 Å². The highest BCUT2D eigenvalue weighted by atomic mass is 35.5. The maximum absolute atomic E-state index is 12.7. The largest absolute Gasteiger partial charge is 0.497 e. The summed E-state index contributed by atoms with van der Waals surface area (Å²) in [6.45, 7) is 0.636. The summed E-state index contributed by atoms with van der Waals surface area (Å²) in [5.41, 5.74) is 1.19. The molecule has 6 nitrogen and oxygen atoms in total. The molecule has 32 heavy (non-hydrogen) atoms. The van der Waals surface area contributed by atoms with Crippen molar-refractivity contribution < 1.29 is 19.1 Å². The first-order chi connectivity index (χ1) is 15.6. The minimum Gasteiger partial charge on any atom is -0.497 e. The number of methoxy groups -OCH3 is 1. The van der Waals surface area contributed by atoms with Gasteiger partial charge in [0.15, 0.2) is 0 Å². The molecule has 0 aliphatic carbocycles. The molecule has 2 amide bonds. The zero-order chi connectivity index (χ0) is 22.8. The number of rotatable bonds is 10. The molecule has 7 heteroatoms. The number of carbonyl (C=O) groups excluding carboxylic acids is 2. The third-order valence-electron chi connectivity index (χ3n) is 4.75. The van der Waals surface area contributed by atoms with Gasteiger partial charge in [0, 0.05) is 6.07 Å². The fraction of sp³-hybridized carbons (Fsp3) is 0.200. The van der Waals surface area contributed by atoms with E-state index in [4.69, 9.17) is 21.1 Å². The minimum absolute atomic E-state index is 0.0827. The molecule has 3 aromatic rings. The van der Waals surface area contributed by atoms with E-state index < -0.39 is 6.04 Å². The monoisotopic (exact) mass is 452 g/mol. The van der Waals surface area contributed by atoms with E-state index in [0.717, 1.165) is 5.56 Å². The van der Waals surface area contributed by atoms with Gasteiger partial charge in [-0.3, -0.25) is 9.59 Å². The number of halogens is 1. The first-order valence-corrected chi connectivity index (χ1v) is 10.6. The number of nitrogens with one attached hydrogen (secondary N) is 2. The number of hydrogen-bond acceptors (Lipinski definition) is 4. The Morgan fingerprint density at radius 3 is 2.41 bits per heavy atom. The van der Waals surface area contributed by atoms with Crippen molar-refractivity contribution in [3.8, 4) is 11.5 Å². The highest BCUT2D eigenvalue weighted by Crippen LogP contribution is 2.21. The summed E-state index contributed by atoms with van der Waals surface area (Å²) in [6, 6.07) is 22.9. The van der Waals surface area contributed by atoms with Crippen molar-refractivity contribution in [3.05, 3.63) is 95.0 Å². The molecule has 166 valence electrons. The average molecular weight is 453 g/mol. The highest BCUT2D eigenvalue weighted by molar-refractivity contribution is 6.33. The van der Waals surface area contributed by atoms with E-state index in [1.165, 1.54) is 0 Å². The van der Waals surface area contributed by atoms with Crippen LogP contribution in [-0.2, 0) is 4.79 Å². The number of hydrogen-bond donors (Lipinski definition) is 2. The summed E-state index contributed by atoms with van der Waals surface area (Å²) in [4.78, 5) is 25.3. The van der Waals surface area contributed by atoms with Gasteiger partial charge in [0.2, 0.25) is 5.91 Å². The van der Waals surface area contributed by atoms with E-state index in [1.54, 1.807) is 37.4 Å². The highest BCUT2D eigenvalue weighted by Gasteiger charge is 2.20. The molecule has 0 radical (unpaired) electrons. The lowest BCUT2D eigenvalue weighted by molar-refractivity contribution is -0.121. The molecule has 0 heterocycles. The SMILES string of the molecule is COc1cccc(OCCNC(=O)CC(NC(=O)c2ccccc2Cl)c2ccccc2)c1. The standard InChI is InChI=1S/C25H25ClN2O4/c1-31-19-10-7-11-20(16-19)32-15-14-27-24(29)17-23(18-8-3-2-4-9-18)28-25(30)21-12-5-6-13-22(21)26/h2-13,16,23H,14-15,17H2,1H3,(H,27,29)(H,28,30). The predicted octanol–water partition coefficient (Wildman–Crippen LogP) is 4.41. The van der Waals surface area contributed by atoms with Crippen molar-refractivity contribution in [1.82, 2.24) is 10.6 Å². The van der Waals surface area contributed by atoms with Crippen LogP contribution in [0.15, 0.2) is 78.9 Å². The fourth-order valence-electron chi connectivity index (χ4n) is 3.13. The van der Waals surface area contributed by atoms with Gasteiger partial charge in [0.05, 0.1) is 36.7 Å². The second-order valence-corrected chi connectivity index (χ2v) is 7.41. The van der Waals surface area contributed by atoms with E-state index in [9.17, 15) is 9.59 Å². The Morgan fingerprint density at radius 2 is 1.66 bits per heavy atom. The number of carbonyl (C=O) groups is 2. The first kappa shape index (κ1) is 23.2. The Kier molecular flexibility index (Phi) is 8.52. The molecular formula is C25H25ClN2O4.